The van der Waals surface area contributed by atoms with Gasteiger partial charge in [-0.05, 0) is 35.9 Å². The summed E-state index contributed by atoms with van der Waals surface area (Å²) in [5, 5.41) is 0.438. The highest BCUT2D eigenvalue weighted by Crippen LogP contribution is 2.24. The van der Waals surface area contributed by atoms with Crippen LogP contribution in [0, 0.1) is 0 Å². The number of hydrogen-bond donors (Lipinski definition) is 1. The number of rotatable bonds is 5. The molecule has 1 amide bonds. The van der Waals surface area contributed by atoms with Crippen LogP contribution in [0.25, 0.3) is 0 Å². The van der Waals surface area contributed by atoms with Crippen LogP contribution < -0.4 is 15.2 Å². The first-order valence-corrected chi connectivity index (χ1v) is 6.33. The number of halogens is 1. The number of amides is 1. The monoisotopic (exact) mass is 291 g/mol. The SMILES string of the molecule is COc1cccc(COc2ccc(Cl)cc2C(N)=O)c1. The molecule has 0 spiro atoms. The van der Waals surface area contributed by atoms with Gasteiger partial charge in [-0.1, -0.05) is 23.7 Å². The van der Waals surface area contributed by atoms with Crippen molar-refractivity contribution in [3.63, 3.8) is 0 Å². The quantitative estimate of drug-likeness (QED) is 0.921. The number of nitrogens with two attached hydrogens (primary N) is 1. The van der Waals surface area contributed by atoms with Crippen molar-refractivity contribution in [2.75, 3.05) is 7.11 Å². The van der Waals surface area contributed by atoms with Gasteiger partial charge in [0, 0.05) is 5.02 Å². The molecule has 0 radical (unpaired) electrons. The summed E-state index contributed by atoms with van der Waals surface area (Å²) >= 11 is 5.84. The predicted molar refractivity (Wildman–Crippen MR) is 77.3 cm³/mol. The molecule has 0 heterocycles. The molecular formula is C15H14ClNO3. The summed E-state index contributed by atoms with van der Waals surface area (Å²) in [6, 6.07) is 12.2. The molecule has 0 aliphatic rings. The van der Waals surface area contributed by atoms with E-state index in [1.165, 1.54) is 6.07 Å². The highest BCUT2D eigenvalue weighted by molar-refractivity contribution is 6.31. The van der Waals surface area contributed by atoms with Gasteiger partial charge in [0.2, 0.25) is 0 Å². The lowest BCUT2D eigenvalue weighted by Gasteiger charge is -2.10. The van der Waals surface area contributed by atoms with Gasteiger partial charge in [-0.2, -0.15) is 0 Å². The smallest absolute Gasteiger partial charge is 0.252 e. The van der Waals surface area contributed by atoms with Crippen molar-refractivity contribution >= 4 is 17.5 Å². The average molecular weight is 292 g/mol. The third-order valence-electron chi connectivity index (χ3n) is 2.74. The maximum Gasteiger partial charge on any atom is 0.252 e. The highest BCUT2D eigenvalue weighted by Gasteiger charge is 2.10. The molecule has 5 heteroatoms. The molecule has 0 aromatic heterocycles. The zero-order chi connectivity index (χ0) is 14.5. The van der Waals surface area contributed by atoms with E-state index in [1.54, 1.807) is 19.2 Å². The van der Waals surface area contributed by atoms with Gasteiger partial charge >= 0.3 is 0 Å². The van der Waals surface area contributed by atoms with Crippen LogP contribution in [0.2, 0.25) is 5.02 Å². The zero-order valence-corrected chi connectivity index (χ0v) is 11.7. The molecule has 0 unspecified atom stereocenters. The van der Waals surface area contributed by atoms with E-state index in [0.717, 1.165) is 11.3 Å². The zero-order valence-electron chi connectivity index (χ0n) is 10.9. The predicted octanol–water partition coefficient (Wildman–Crippen LogP) is 3.03. The van der Waals surface area contributed by atoms with Crippen molar-refractivity contribution in [2.24, 2.45) is 5.73 Å². The van der Waals surface area contributed by atoms with Crippen molar-refractivity contribution in [1.29, 1.82) is 0 Å². The molecule has 0 bridgehead atoms. The molecule has 0 saturated heterocycles. The van der Waals surface area contributed by atoms with E-state index in [4.69, 9.17) is 26.8 Å². The second-order valence-corrected chi connectivity index (χ2v) is 4.58. The normalized spacial score (nSPS) is 10.1. The third kappa shape index (κ3) is 3.42. The molecule has 4 nitrogen and oxygen atoms in total. The first-order valence-electron chi connectivity index (χ1n) is 5.95. The first-order chi connectivity index (χ1) is 9.60. The Balaban J connectivity index is 2.16. The van der Waals surface area contributed by atoms with E-state index >= 15 is 0 Å². The minimum Gasteiger partial charge on any atom is -0.497 e. The van der Waals surface area contributed by atoms with Crippen LogP contribution in [0.3, 0.4) is 0 Å². The summed E-state index contributed by atoms with van der Waals surface area (Å²) in [7, 11) is 1.60. The van der Waals surface area contributed by atoms with Gasteiger partial charge in [0.15, 0.2) is 0 Å². The number of carbonyl (C=O) groups excluding carboxylic acids is 1. The minimum absolute atomic E-state index is 0.264. The summed E-state index contributed by atoms with van der Waals surface area (Å²) in [4.78, 5) is 11.3. The standard InChI is InChI=1S/C15H14ClNO3/c1-19-12-4-2-3-10(7-12)9-20-14-6-5-11(16)8-13(14)15(17)18/h2-8H,9H2,1H3,(H2,17,18). The fourth-order valence-electron chi connectivity index (χ4n) is 1.74. The number of methoxy groups -OCH3 is 1. The Labute approximate surface area is 122 Å². The number of primary amides is 1. The summed E-state index contributed by atoms with van der Waals surface area (Å²) in [6.45, 7) is 0.305. The van der Waals surface area contributed by atoms with E-state index in [0.29, 0.717) is 17.4 Å². The van der Waals surface area contributed by atoms with Crippen molar-refractivity contribution in [3.05, 3.63) is 58.6 Å². The fourth-order valence-corrected chi connectivity index (χ4v) is 1.92. The molecule has 104 valence electrons. The van der Waals surface area contributed by atoms with E-state index < -0.39 is 5.91 Å². The molecule has 2 aromatic carbocycles. The largest absolute Gasteiger partial charge is 0.497 e. The van der Waals surface area contributed by atoms with Crippen molar-refractivity contribution in [1.82, 2.24) is 0 Å². The van der Waals surface area contributed by atoms with Crippen molar-refractivity contribution < 1.29 is 14.3 Å². The molecule has 0 atom stereocenters. The summed E-state index contributed by atoms with van der Waals surface area (Å²) in [5.41, 5.74) is 6.49. The maximum absolute atomic E-state index is 11.3. The molecule has 0 aliphatic heterocycles. The molecular weight excluding hydrogens is 278 g/mol. The van der Waals surface area contributed by atoms with E-state index in [2.05, 4.69) is 0 Å². The molecule has 2 N–H and O–H groups in total. The Bertz CT molecular complexity index is 628. The van der Waals surface area contributed by atoms with Gasteiger partial charge < -0.3 is 15.2 Å². The summed E-state index contributed by atoms with van der Waals surface area (Å²) in [6.07, 6.45) is 0. The van der Waals surface area contributed by atoms with Gasteiger partial charge in [0.05, 0.1) is 12.7 Å². The van der Waals surface area contributed by atoms with Gasteiger partial charge in [0.25, 0.3) is 5.91 Å². The van der Waals surface area contributed by atoms with Crippen LogP contribution in [-0.4, -0.2) is 13.0 Å². The lowest BCUT2D eigenvalue weighted by molar-refractivity contribution is 0.0996. The number of benzene rings is 2. The molecule has 2 rings (SSSR count). The maximum atomic E-state index is 11.3. The minimum atomic E-state index is -0.576. The Kier molecular flexibility index (Phi) is 4.48. The van der Waals surface area contributed by atoms with Crippen LogP contribution >= 0.6 is 11.6 Å². The molecule has 0 fully saturated rings. The van der Waals surface area contributed by atoms with Crippen LogP contribution in [0.4, 0.5) is 0 Å². The Morgan fingerprint density at radius 1 is 1.25 bits per heavy atom. The third-order valence-corrected chi connectivity index (χ3v) is 2.97. The summed E-state index contributed by atoms with van der Waals surface area (Å²) in [5.74, 6) is 0.579. The number of hydrogen-bond acceptors (Lipinski definition) is 3. The number of ether oxygens (including phenoxy) is 2. The topological polar surface area (TPSA) is 61.6 Å². The van der Waals surface area contributed by atoms with E-state index in [9.17, 15) is 4.79 Å². The highest BCUT2D eigenvalue weighted by atomic mass is 35.5. The fraction of sp³-hybridized carbons (Fsp3) is 0.133. The van der Waals surface area contributed by atoms with Crippen LogP contribution in [0.5, 0.6) is 11.5 Å². The lowest BCUT2D eigenvalue weighted by Crippen LogP contribution is -2.13. The molecule has 2 aromatic rings. The molecule has 20 heavy (non-hydrogen) atoms. The van der Waals surface area contributed by atoms with Gasteiger partial charge in [0.1, 0.15) is 18.1 Å². The van der Waals surface area contributed by atoms with Gasteiger partial charge in [-0.3, -0.25) is 4.79 Å². The number of carbonyl (C=O) groups is 1. The first kappa shape index (κ1) is 14.2. The summed E-state index contributed by atoms with van der Waals surface area (Å²) < 4.78 is 10.8. The average Bonchev–Trinajstić information content (AvgIpc) is 2.46. The second kappa shape index (κ2) is 6.30. The van der Waals surface area contributed by atoms with Crippen molar-refractivity contribution in [2.45, 2.75) is 6.61 Å². The Morgan fingerprint density at radius 3 is 2.75 bits per heavy atom. The van der Waals surface area contributed by atoms with Gasteiger partial charge in [-0.15, -0.1) is 0 Å². The van der Waals surface area contributed by atoms with Crippen LogP contribution in [0.15, 0.2) is 42.5 Å². The van der Waals surface area contributed by atoms with E-state index in [1.807, 2.05) is 24.3 Å². The molecule has 0 saturated carbocycles. The van der Waals surface area contributed by atoms with E-state index in [-0.39, 0.29) is 5.56 Å². The second-order valence-electron chi connectivity index (χ2n) is 4.14. The van der Waals surface area contributed by atoms with Crippen LogP contribution in [-0.2, 0) is 6.61 Å². The Hall–Kier alpha value is -2.20. The lowest BCUT2D eigenvalue weighted by atomic mass is 10.2. The Morgan fingerprint density at radius 2 is 2.05 bits per heavy atom. The van der Waals surface area contributed by atoms with Crippen LogP contribution in [0.1, 0.15) is 15.9 Å². The van der Waals surface area contributed by atoms with Crippen molar-refractivity contribution in [3.8, 4) is 11.5 Å². The molecule has 0 aliphatic carbocycles. The van der Waals surface area contributed by atoms with Gasteiger partial charge in [-0.25, -0.2) is 0 Å².